The van der Waals surface area contributed by atoms with Crippen molar-refractivity contribution in [3.05, 3.63) is 0 Å². The molecule has 0 aromatic rings. The Bertz CT molecular complexity index is 389. The molecule has 2 atom stereocenters. The first-order valence-corrected chi connectivity index (χ1v) is 6.84. The number of esters is 1. The van der Waals surface area contributed by atoms with E-state index in [1.807, 2.05) is 20.8 Å². The molecule has 3 heteroatoms. The number of carbonyl (C=O) groups excluding carboxylic acids is 2. The van der Waals surface area contributed by atoms with Crippen molar-refractivity contribution in [2.75, 3.05) is 0 Å². The third kappa shape index (κ3) is 1.88. The summed E-state index contributed by atoms with van der Waals surface area (Å²) in [5.41, 5.74) is -0.988. The Kier molecular flexibility index (Phi) is 2.88. The van der Waals surface area contributed by atoms with Crippen LogP contribution in [0.4, 0.5) is 0 Å². The standard InChI is InChI=1S/C15H24O3/c1-13(2,3)18-12(17)9-15-7-6-10(8-11(15)16)14(15,4)5/h10H,6-9H2,1-5H3. The summed E-state index contributed by atoms with van der Waals surface area (Å²) in [6, 6.07) is 0. The van der Waals surface area contributed by atoms with Crippen molar-refractivity contribution < 1.29 is 14.3 Å². The molecular weight excluding hydrogens is 228 g/mol. The minimum Gasteiger partial charge on any atom is -0.460 e. The number of fused-ring (bicyclic) bond motifs is 2. The highest BCUT2D eigenvalue weighted by molar-refractivity contribution is 5.93. The van der Waals surface area contributed by atoms with Crippen LogP contribution in [0, 0.1) is 16.7 Å². The van der Waals surface area contributed by atoms with E-state index in [2.05, 4.69) is 13.8 Å². The average Bonchev–Trinajstić information content (AvgIpc) is 2.47. The Morgan fingerprint density at radius 3 is 2.39 bits per heavy atom. The molecule has 2 aliphatic carbocycles. The van der Waals surface area contributed by atoms with Crippen LogP contribution in [-0.4, -0.2) is 17.4 Å². The molecule has 2 unspecified atom stereocenters. The normalized spacial score (nSPS) is 33.8. The van der Waals surface area contributed by atoms with Crippen LogP contribution in [-0.2, 0) is 14.3 Å². The molecule has 0 N–H and O–H groups in total. The topological polar surface area (TPSA) is 43.4 Å². The minimum absolute atomic E-state index is 0.0546. The summed E-state index contributed by atoms with van der Waals surface area (Å²) >= 11 is 0. The van der Waals surface area contributed by atoms with Crippen LogP contribution < -0.4 is 0 Å². The Labute approximate surface area is 109 Å². The molecule has 2 saturated carbocycles. The Morgan fingerprint density at radius 2 is 2.00 bits per heavy atom. The number of hydrogen-bond donors (Lipinski definition) is 0. The van der Waals surface area contributed by atoms with Gasteiger partial charge in [-0.15, -0.1) is 0 Å². The Balaban J connectivity index is 2.17. The highest BCUT2D eigenvalue weighted by Crippen LogP contribution is 2.65. The third-order valence-electron chi connectivity index (χ3n) is 5.01. The first kappa shape index (κ1) is 13.6. The number of ketones is 1. The molecule has 0 spiro atoms. The predicted molar refractivity (Wildman–Crippen MR) is 69.0 cm³/mol. The highest BCUT2D eigenvalue weighted by atomic mass is 16.6. The lowest BCUT2D eigenvalue weighted by Crippen LogP contribution is -2.39. The quantitative estimate of drug-likeness (QED) is 0.709. The van der Waals surface area contributed by atoms with Gasteiger partial charge in [-0.3, -0.25) is 9.59 Å². The highest BCUT2D eigenvalue weighted by Gasteiger charge is 2.64. The molecule has 0 saturated heterocycles. The first-order chi connectivity index (χ1) is 8.08. The fraction of sp³-hybridized carbons (Fsp3) is 0.867. The van der Waals surface area contributed by atoms with Crippen LogP contribution in [0.15, 0.2) is 0 Å². The Hall–Kier alpha value is -0.860. The number of rotatable bonds is 2. The van der Waals surface area contributed by atoms with Crippen LogP contribution in [0.25, 0.3) is 0 Å². The molecular formula is C15H24O3. The smallest absolute Gasteiger partial charge is 0.307 e. The fourth-order valence-electron chi connectivity index (χ4n) is 3.81. The SMILES string of the molecule is CC(C)(C)OC(=O)CC12CCC(CC1=O)C2(C)C. The summed E-state index contributed by atoms with van der Waals surface area (Å²) in [4.78, 5) is 24.3. The average molecular weight is 252 g/mol. The summed E-state index contributed by atoms with van der Waals surface area (Å²) < 4.78 is 5.40. The van der Waals surface area contributed by atoms with Crippen molar-refractivity contribution in [2.45, 2.75) is 65.9 Å². The number of Topliss-reactive ketones (excluding diaryl/α,β-unsaturated/α-hetero) is 1. The molecule has 0 aliphatic heterocycles. The summed E-state index contributed by atoms with van der Waals surface area (Å²) in [6.07, 6.45) is 2.83. The first-order valence-electron chi connectivity index (χ1n) is 6.84. The molecule has 0 amide bonds. The lowest BCUT2D eigenvalue weighted by Gasteiger charge is -2.36. The van der Waals surface area contributed by atoms with Gasteiger partial charge in [0.1, 0.15) is 11.4 Å². The maximum atomic E-state index is 12.3. The van der Waals surface area contributed by atoms with Gasteiger partial charge in [-0.2, -0.15) is 0 Å². The van der Waals surface area contributed by atoms with Crippen LogP contribution in [0.3, 0.4) is 0 Å². The van der Waals surface area contributed by atoms with Crippen LogP contribution in [0.1, 0.15) is 60.3 Å². The third-order valence-corrected chi connectivity index (χ3v) is 5.01. The molecule has 102 valence electrons. The van der Waals surface area contributed by atoms with E-state index in [9.17, 15) is 9.59 Å². The molecule has 0 heterocycles. The van der Waals surface area contributed by atoms with E-state index in [0.717, 1.165) is 12.8 Å². The number of hydrogen-bond acceptors (Lipinski definition) is 3. The monoisotopic (exact) mass is 252 g/mol. The van der Waals surface area contributed by atoms with Gasteiger partial charge in [-0.05, 0) is 44.9 Å². The summed E-state index contributed by atoms with van der Waals surface area (Å²) in [5.74, 6) is 0.494. The van der Waals surface area contributed by atoms with Gasteiger partial charge < -0.3 is 4.74 Å². The maximum Gasteiger partial charge on any atom is 0.307 e. The van der Waals surface area contributed by atoms with Crippen molar-refractivity contribution in [3.8, 4) is 0 Å². The van der Waals surface area contributed by atoms with E-state index >= 15 is 0 Å². The van der Waals surface area contributed by atoms with Gasteiger partial charge in [0, 0.05) is 11.8 Å². The van der Waals surface area contributed by atoms with E-state index in [4.69, 9.17) is 4.74 Å². The zero-order valence-electron chi connectivity index (χ0n) is 12.1. The largest absolute Gasteiger partial charge is 0.460 e. The summed E-state index contributed by atoms with van der Waals surface area (Å²) in [5, 5.41) is 0. The zero-order valence-corrected chi connectivity index (χ0v) is 12.1. The van der Waals surface area contributed by atoms with Crippen LogP contribution in [0.5, 0.6) is 0 Å². The van der Waals surface area contributed by atoms with E-state index in [0.29, 0.717) is 12.3 Å². The molecule has 0 aromatic carbocycles. The molecule has 2 aliphatic rings. The van der Waals surface area contributed by atoms with Gasteiger partial charge in [-0.25, -0.2) is 0 Å². The van der Waals surface area contributed by atoms with Gasteiger partial charge in [0.15, 0.2) is 0 Å². The number of carbonyl (C=O) groups is 2. The molecule has 3 nitrogen and oxygen atoms in total. The van der Waals surface area contributed by atoms with Gasteiger partial charge in [0.25, 0.3) is 0 Å². The van der Waals surface area contributed by atoms with Crippen molar-refractivity contribution in [1.82, 2.24) is 0 Å². The second-order valence-corrected chi connectivity index (χ2v) is 7.43. The maximum absolute atomic E-state index is 12.3. The van der Waals surface area contributed by atoms with Crippen molar-refractivity contribution >= 4 is 11.8 Å². The van der Waals surface area contributed by atoms with E-state index in [-0.39, 0.29) is 23.6 Å². The fourth-order valence-corrected chi connectivity index (χ4v) is 3.81. The van der Waals surface area contributed by atoms with Gasteiger partial charge in [0.05, 0.1) is 6.42 Å². The molecule has 18 heavy (non-hydrogen) atoms. The van der Waals surface area contributed by atoms with E-state index in [1.165, 1.54) is 0 Å². The van der Waals surface area contributed by atoms with E-state index < -0.39 is 11.0 Å². The second-order valence-electron chi connectivity index (χ2n) is 7.43. The Morgan fingerprint density at radius 1 is 1.39 bits per heavy atom. The van der Waals surface area contributed by atoms with Crippen molar-refractivity contribution in [3.63, 3.8) is 0 Å². The molecule has 2 fully saturated rings. The second kappa shape index (κ2) is 3.82. The zero-order chi connectivity index (χ0) is 13.8. The van der Waals surface area contributed by atoms with E-state index in [1.54, 1.807) is 0 Å². The van der Waals surface area contributed by atoms with Crippen LogP contribution >= 0.6 is 0 Å². The molecule has 0 radical (unpaired) electrons. The lowest BCUT2D eigenvalue weighted by molar-refractivity contribution is -0.161. The van der Waals surface area contributed by atoms with Gasteiger partial charge in [-0.1, -0.05) is 13.8 Å². The van der Waals surface area contributed by atoms with Crippen molar-refractivity contribution in [1.29, 1.82) is 0 Å². The number of ether oxygens (including phenoxy) is 1. The van der Waals surface area contributed by atoms with Crippen LogP contribution in [0.2, 0.25) is 0 Å². The summed E-state index contributed by atoms with van der Waals surface area (Å²) in [6.45, 7) is 9.87. The predicted octanol–water partition coefficient (Wildman–Crippen LogP) is 3.11. The lowest BCUT2D eigenvalue weighted by atomic mass is 9.67. The molecule has 2 bridgehead atoms. The minimum atomic E-state index is -0.475. The van der Waals surface area contributed by atoms with Gasteiger partial charge >= 0.3 is 5.97 Å². The van der Waals surface area contributed by atoms with Crippen molar-refractivity contribution in [2.24, 2.45) is 16.7 Å². The molecule has 0 aromatic heterocycles. The summed E-state index contributed by atoms with van der Waals surface area (Å²) in [7, 11) is 0. The molecule has 2 rings (SSSR count). The van der Waals surface area contributed by atoms with Gasteiger partial charge in [0.2, 0.25) is 0 Å².